The maximum Gasteiger partial charge on any atom is 0.238 e. The van der Waals surface area contributed by atoms with Gasteiger partial charge in [-0.15, -0.1) is 0 Å². The second kappa shape index (κ2) is 15.6. The Morgan fingerprint density at radius 2 is 0.783 bits per heavy atom. The van der Waals surface area contributed by atoms with E-state index in [1.165, 1.54) is 0 Å². The SMILES string of the molecule is [2H]c1c([2H])c([2H])c(-c2nc(-c3cccc4c3c3ccccc3n4-c3ccccc3)nc(-n3c4ccccc4c4ccc5c6ccccc6n(-c6c([2H])c([2H])c(-c7c([2H])c([2H])c(-c8c([2H])c([2H])c([2H])c([2H])c8[2H])c([2H])c7[2H])c([2H])c6[2H])c5c43)n2)c([2H])c1[2H]. The van der Waals surface area contributed by atoms with E-state index in [-0.39, 0.29) is 28.8 Å². The summed E-state index contributed by atoms with van der Waals surface area (Å²) in [6.45, 7) is 0. The van der Waals surface area contributed by atoms with Gasteiger partial charge in [0, 0.05) is 54.8 Å². The first kappa shape index (κ1) is 24.9. The lowest BCUT2D eigenvalue weighted by Crippen LogP contribution is -2.07. The van der Waals surface area contributed by atoms with Gasteiger partial charge in [-0.2, -0.15) is 9.97 Å². The predicted molar refractivity (Wildman–Crippen MR) is 285 cm³/mol. The molecule has 4 heterocycles. The molecule has 0 fully saturated rings. The molecule has 0 atom stereocenters. The number of rotatable bonds is 7. The van der Waals surface area contributed by atoms with Gasteiger partial charge in [0.1, 0.15) is 0 Å². The third-order valence-electron chi connectivity index (χ3n) is 12.4. The molecule has 0 aliphatic heterocycles. The average molecular weight is 899 g/mol. The third-order valence-corrected chi connectivity index (χ3v) is 12.4. The maximum absolute atomic E-state index is 9.89. The lowest BCUT2D eigenvalue weighted by molar-refractivity contribution is 0.954. The molecule has 0 saturated heterocycles. The molecule has 0 aliphatic rings. The number of benzene rings is 10. The summed E-state index contributed by atoms with van der Waals surface area (Å²) in [7, 11) is 0. The summed E-state index contributed by atoms with van der Waals surface area (Å²) in [5, 5.41) is 4.07. The van der Waals surface area contributed by atoms with E-state index in [0.29, 0.717) is 49.2 Å². The summed E-state index contributed by atoms with van der Waals surface area (Å²) in [5.41, 5.74) is 1.79. The molecule has 69 heavy (non-hydrogen) atoms. The van der Waals surface area contributed by atoms with Gasteiger partial charge in [0.05, 0.1) is 57.8 Å². The average Bonchev–Trinajstić information content (AvgIpc) is 1.57. The number of para-hydroxylation sites is 4. The number of aromatic nitrogens is 6. The molecule has 0 saturated carbocycles. The summed E-state index contributed by atoms with van der Waals surface area (Å²) < 4.78 is 168. The number of hydrogen-bond donors (Lipinski definition) is 0. The Labute approximate surface area is 422 Å². The molecule has 0 N–H and O–H groups in total. The second-order valence-electron chi connectivity index (χ2n) is 16.2. The topological polar surface area (TPSA) is 53.5 Å². The highest BCUT2D eigenvalue weighted by atomic mass is 15.2. The van der Waals surface area contributed by atoms with Crippen LogP contribution < -0.4 is 0 Å². The first-order valence-electron chi connectivity index (χ1n) is 30.9. The Bertz CT molecular complexity index is 5290. The third kappa shape index (κ3) is 6.16. The second-order valence-corrected chi connectivity index (χ2v) is 16.2. The summed E-state index contributed by atoms with van der Waals surface area (Å²) in [4.78, 5) is 15.4. The van der Waals surface area contributed by atoms with E-state index in [1.807, 2.05) is 115 Å². The van der Waals surface area contributed by atoms with Crippen molar-refractivity contribution in [3.63, 3.8) is 0 Å². The lowest BCUT2D eigenvalue weighted by atomic mass is 10.0. The van der Waals surface area contributed by atoms with E-state index in [0.717, 1.165) is 27.5 Å². The van der Waals surface area contributed by atoms with Gasteiger partial charge in [0.15, 0.2) is 11.6 Å². The molecule has 6 nitrogen and oxygen atoms in total. The molecule has 0 aliphatic carbocycles. The summed E-state index contributed by atoms with van der Waals surface area (Å²) in [6, 6.07) is 28.8. The molecule has 10 aromatic carbocycles. The van der Waals surface area contributed by atoms with Gasteiger partial charge in [-0.25, -0.2) is 4.98 Å². The Morgan fingerprint density at radius 1 is 0.304 bits per heavy atom. The molecule has 0 bridgehead atoms. The van der Waals surface area contributed by atoms with Crippen LogP contribution in [0.3, 0.4) is 0 Å². The van der Waals surface area contributed by atoms with Gasteiger partial charge in [0.25, 0.3) is 0 Å². The van der Waals surface area contributed by atoms with E-state index < -0.39 is 131 Å². The van der Waals surface area contributed by atoms with Crippen LogP contribution in [0.1, 0.15) is 24.7 Å². The molecule has 322 valence electrons. The zero-order valence-electron chi connectivity index (χ0n) is 53.9. The quantitative estimate of drug-likeness (QED) is 0.160. The molecule has 0 spiro atoms. The van der Waals surface area contributed by atoms with Crippen molar-refractivity contribution in [1.29, 1.82) is 0 Å². The van der Waals surface area contributed by atoms with Gasteiger partial charge in [-0.1, -0.05) is 194 Å². The molecule has 14 aromatic rings. The number of nitrogens with zero attached hydrogens (tertiary/aromatic N) is 6. The van der Waals surface area contributed by atoms with Crippen molar-refractivity contribution in [3.8, 4) is 62.4 Å². The van der Waals surface area contributed by atoms with E-state index in [9.17, 15) is 11.0 Å². The van der Waals surface area contributed by atoms with Crippen LogP contribution in [0, 0.1) is 0 Å². The molecular weight excluding hydrogens is 841 g/mol. The fourth-order valence-electron chi connectivity index (χ4n) is 9.54. The van der Waals surface area contributed by atoms with Gasteiger partial charge >= 0.3 is 0 Å². The van der Waals surface area contributed by atoms with Crippen LogP contribution in [0.4, 0.5) is 0 Å². The van der Waals surface area contributed by atoms with Crippen LogP contribution in [-0.4, -0.2) is 28.7 Å². The Morgan fingerprint density at radius 3 is 1.42 bits per heavy atom. The minimum Gasteiger partial charge on any atom is -0.309 e. The van der Waals surface area contributed by atoms with Crippen LogP contribution in [-0.2, 0) is 0 Å². The lowest BCUT2D eigenvalue weighted by Gasteiger charge is -2.14. The first-order valence-corrected chi connectivity index (χ1v) is 21.9. The van der Waals surface area contributed by atoms with Crippen molar-refractivity contribution in [3.05, 3.63) is 242 Å². The highest BCUT2D eigenvalue weighted by Gasteiger charge is 2.25. The van der Waals surface area contributed by atoms with Crippen LogP contribution in [0.25, 0.3) is 128 Å². The van der Waals surface area contributed by atoms with Crippen molar-refractivity contribution in [2.24, 2.45) is 0 Å². The molecule has 14 rings (SSSR count). The molecule has 0 radical (unpaired) electrons. The van der Waals surface area contributed by atoms with Crippen LogP contribution >= 0.6 is 0 Å². The van der Waals surface area contributed by atoms with E-state index in [1.54, 1.807) is 27.3 Å². The Hall–Kier alpha value is -9.39. The Balaban J connectivity index is 1.08. The molecule has 4 aromatic heterocycles. The van der Waals surface area contributed by atoms with Crippen molar-refractivity contribution < 1.29 is 24.7 Å². The predicted octanol–water partition coefficient (Wildman–Crippen LogP) is 15.8. The van der Waals surface area contributed by atoms with Gasteiger partial charge in [-0.05, 0) is 70.7 Å². The highest BCUT2D eigenvalue weighted by molar-refractivity contribution is 6.24. The van der Waals surface area contributed by atoms with Crippen molar-refractivity contribution in [2.75, 3.05) is 0 Å². The molecular formula is C63H40N6. The molecule has 6 heteroatoms. The summed E-state index contributed by atoms with van der Waals surface area (Å²) in [6.07, 6.45) is 0. The van der Waals surface area contributed by atoms with Crippen molar-refractivity contribution >= 4 is 65.4 Å². The summed E-state index contributed by atoms with van der Waals surface area (Å²) in [5.74, 6) is -0.237. The van der Waals surface area contributed by atoms with Crippen LogP contribution in [0.5, 0.6) is 0 Å². The molecule has 0 amide bonds. The zero-order valence-corrected chi connectivity index (χ0v) is 35.9. The minimum absolute atomic E-state index is 0.0635. The van der Waals surface area contributed by atoms with Crippen molar-refractivity contribution in [1.82, 2.24) is 28.7 Å². The Kier molecular flexibility index (Phi) is 5.64. The zero-order chi connectivity index (χ0) is 61.1. The monoisotopic (exact) mass is 898 g/mol. The van der Waals surface area contributed by atoms with Crippen molar-refractivity contribution in [2.45, 2.75) is 0 Å². The van der Waals surface area contributed by atoms with E-state index >= 15 is 0 Å². The maximum atomic E-state index is 9.89. The summed E-state index contributed by atoms with van der Waals surface area (Å²) >= 11 is 0. The van der Waals surface area contributed by atoms with Crippen LogP contribution in [0.15, 0.2) is 242 Å². The highest BCUT2D eigenvalue weighted by Crippen LogP contribution is 2.43. The van der Waals surface area contributed by atoms with Gasteiger partial charge < -0.3 is 9.13 Å². The van der Waals surface area contributed by atoms with E-state index in [2.05, 4.69) is 4.57 Å². The fourth-order valence-corrected chi connectivity index (χ4v) is 9.54. The van der Waals surface area contributed by atoms with Gasteiger partial charge in [0.2, 0.25) is 5.95 Å². The van der Waals surface area contributed by atoms with Crippen LogP contribution in [0.2, 0.25) is 0 Å². The number of fused-ring (bicyclic) bond motifs is 10. The normalized spacial score (nSPS) is 15.4. The number of hydrogen-bond acceptors (Lipinski definition) is 3. The fraction of sp³-hybridized carbons (Fsp3) is 0. The van der Waals surface area contributed by atoms with Gasteiger partial charge in [-0.3, -0.25) is 4.57 Å². The standard InChI is InChI=1S/C63H40N6/c1-4-17-41(18-5-1)42-31-33-43(34-32-42)44-35-37-47(38-36-44)68-54-27-13-10-23-48(54)50-39-40-51-49-24-11-14-28-55(49)69(60(51)59(50)68)63-65-61(45-19-6-2-7-20-45)64-62(66-63)53-26-16-30-57-58(53)52-25-12-15-29-56(52)67(57)46-21-8-3-9-22-46/h1-40H/i1D,2D,4D,5D,6D,7D,17D,18D,19D,20D,31D,32D,33D,34D,35D,36D,37D,38D. The molecule has 0 unspecified atom stereocenters. The smallest absolute Gasteiger partial charge is 0.238 e. The largest absolute Gasteiger partial charge is 0.309 e. The minimum atomic E-state index is -0.840. The first-order chi connectivity index (χ1) is 41.7. The van der Waals surface area contributed by atoms with E-state index in [4.69, 9.17) is 28.7 Å².